The molecule has 0 saturated carbocycles. The molecule has 9 heteroatoms. The number of carbonyl (C=O) groups excluding carboxylic acids is 4. The number of rotatable bonds is 8. The van der Waals surface area contributed by atoms with Gasteiger partial charge in [-0.15, -0.1) is 0 Å². The molecule has 2 aromatic rings. The maximum atomic E-state index is 12.3. The van der Waals surface area contributed by atoms with Crippen molar-refractivity contribution in [3.63, 3.8) is 0 Å². The second-order valence-corrected chi connectivity index (χ2v) is 8.11. The van der Waals surface area contributed by atoms with Gasteiger partial charge in [0, 0.05) is 42.5 Å². The molecule has 3 rings (SSSR count). The van der Waals surface area contributed by atoms with Crippen LogP contribution in [-0.4, -0.2) is 42.9 Å². The van der Waals surface area contributed by atoms with Gasteiger partial charge in [0.1, 0.15) is 0 Å². The van der Waals surface area contributed by atoms with Crippen LogP contribution in [0.4, 0.5) is 16.2 Å². The Labute approximate surface area is 192 Å². The molecule has 0 bridgehead atoms. The van der Waals surface area contributed by atoms with Gasteiger partial charge in [-0.1, -0.05) is 12.1 Å². The van der Waals surface area contributed by atoms with Crippen LogP contribution in [0.3, 0.4) is 0 Å². The molecule has 174 valence electrons. The molecule has 0 aliphatic carbocycles. The third-order valence-corrected chi connectivity index (χ3v) is 5.05. The standard InChI is InChI=1S/C24H29N5O4/c1-16(2)27-24(33)28-19-9-5-17(6-10-19)14-25-21(30)15-26-23(32)18-7-11-20(12-8-18)29-13-3-4-22(29)31/h5-12,16H,3-4,13-15H2,1-2H3,(H,25,30)(H,26,32)(H2,27,28,33). The number of nitrogens with zero attached hydrogens (tertiary/aromatic N) is 1. The molecule has 1 saturated heterocycles. The Balaban J connectivity index is 1.40. The molecule has 1 aliphatic rings. The van der Waals surface area contributed by atoms with E-state index in [9.17, 15) is 19.2 Å². The van der Waals surface area contributed by atoms with Gasteiger partial charge in [-0.2, -0.15) is 0 Å². The first-order valence-corrected chi connectivity index (χ1v) is 10.9. The Morgan fingerprint density at radius 3 is 2.27 bits per heavy atom. The normalized spacial score (nSPS) is 13.1. The first-order valence-electron chi connectivity index (χ1n) is 10.9. The number of carbonyl (C=O) groups is 4. The second-order valence-electron chi connectivity index (χ2n) is 8.11. The van der Waals surface area contributed by atoms with Gasteiger partial charge >= 0.3 is 6.03 Å². The smallest absolute Gasteiger partial charge is 0.319 e. The summed E-state index contributed by atoms with van der Waals surface area (Å²) in [5, 5.41) is 10.8. The van der Waals surface area contributed by atoms with Crippen LogP contribution in [0.1, 0.15) is 42.6 Å². The maximum absolute atomic E-state index is 12.3. The number of urea groups is 1. The van der Waals surface area contributed by atoms with E-state index in [1.165, 1.54) is 0 Å². The van der Waals surface area contributed by atoms with E-state index in [4.69, 9.17) is 0 Å². The number of amides is 5. The van der Waals surface area contributed by atoms with E-state index in [1.807, 2.05) is 13.8 Å². The molecule has 0 radical (unpaired) electrons. The van der Waals surface area contributed by atoms with E-state index in [0.29, 0.717) is 30.8 Å². The monoisotopic (exact) mass is 451 g/mol. The summed E-state index contributed by atoms with van der Waals surface area (Å²) in [7, 11) is 0. The van der Waals surface area contributed by atoms with E-state index < -0.39 is 0 Å². The van der Waals surface area contributed by atoms with Crippen molar-refractivity contribution in [2.75, 3.05) is 23.3 Å². The van der Waals surface area contributed by atoms with Crippen LogP contribution < -0.4 is 26.2 Å². The van der Waals surface area contributed by atoms with Gasteiger partial charge in [0.15, 0.2) is 0 Å². The molecule has 2 aromatic carbocycles. The lowest BCUT2D eigenvalue weighted by atomic mass is 10.2. The summed E-state index contributed by atoms with van der Waals surface area (Å²) >= 11 is 0. The van der Waals surface area contributed by atoms with Gasteiger partial charge in [0.25, 0.3) is 5.91 Å². The summed E-state index contributed by atoms with van der Waals surface area (Å²) in [6, 6.07) is 13.6. The molecular weight excluding hydrogens is 422 g/mol. The van der Waals surface area contributed by atoms with Crippen molar-refractivity contribution in [3.8, 4) is 0 Å². The zero-order valence-electron chi connectivity index (χ0n) is 18.8. The molecule has 5 amide bonds. The fourth-order valence-electron chi connectivity index (χ4n) is 3.37. The maximum Gasteiger partial charge on any atom is 0.319 e. The highest BCUT2D eigenvalue weighted by molar-refractivity contribution is 5.98. The van der Waals surface area contributed by atoms with Crippen molar-refractivity contribution in [3.05, 3.63) is 59.7 Å². The van der Waals surface area contributed by atoms with E-state index in [1.54, 1.807) is 53.4 Å². The molecule has 1 fully saturated rings. The largest absolute Gasteiger partial charge is 0.350 e. The Bertz CT molecular complexity index is 1000. The number of nitrogens with one attached hydrogen (secondary N) is 4. The molecule has 0 aromatic heterocycles. The minimum absolute atomic E-state index is 0.0416. The van der Waals surface area contributed by atoms with Gasteiger partial charge in [-0.3, -0.25) is 14.4 Å². The summed E-state index contributed by atoms with van der Waals surface area (Å²) in [6.07, 6.45) is 1.39. The first-order chi connectivity index (χ1) is 15.8. The minimum Gasteiger partial charge on any atom is -0.350 e. The number of benzene rings is 2. The molecule has 1 heterocycles. The molecular formula is C24H29N5O4. The second kappa shape index (κ2) is 11.1. The van der Waals surface area contributed by atoms with E-state index >= 15 is 0 Å². The molecule has 0 spiro atoms. The van der Waals surface area contributed by atoms with Crippen LogP contribution in [0.25, 0.3) is 0 Å². The fourth-order valence-corrected chi connectivity index (χ4v) is 3.37. The van der Waals surface area contributed by atoms with Gasteiger partial charge < -0.3 is 26.2 Å². The molecule has 9 nitrogen and oxygen atoms in total. The van der Waals surface area contributed by atoms with Crippen molar-refractivity contribution < 1.29 is 19.2 Å². The van der Waals surface area contributed by atoms with Crippen molar-refractivity contribution in [2.24, 2.45) is 0 Å². The molecule has 0 unspecified atom stereocenters. The number of hydrogen-bond donors (Lipinski definition) is 4. The Morgan fingerprint density at radius 1 is 0.970 bits per heavy atom. The molecule has 1 aliphatic heterocycles. The van der Waals surface area contributed by atoms with Crippen LogP contribution >= 0.6 is 0 Å². The third kappa shape index (κ3) is 7.06. The predicted molar refractivity (Wildman–Crippen MR) is 126 cm³/mol. The van der Waals surface area contributed by atoms with Gasteiger partial charge in [0.2, 0.25) is 11.8 Å². The Hall–Kier alpha value is -3.88. The van der Waals surface area contributed by atoms with Gasteiger partial charge in [-0.05, 0) is 62.2 Å². The zero-order valence-corrected chi connectivity index (χ0v) is 18.8. The van der Waals surface area contributed by atoms with Gasteiger partial charge in [-0.25, -0.2) is 4.79 Å². The lowest BCUT2D eigenvalue weighted by Crippen LogP contribution is -2.36. The highest BCUT2D eigenvalue weighted by Crippen LogP contribution is 2.21. The predicted octanol–water partition coefficient (Wildman–Crippen LogP) is 2.39. The van der Waals surface area contributed by atoms with Crippen LogP contribution in [-0.2, 0) is 16.1 Å². The van der Waals surface area contributed by atoms with E-state index in [2.05, 4.69) is 21.3 Å². The number of hydrogen-bond acceptors (Lipinski definition) is 4. The Morgan fingerprint density at radius 2 is 1.67 bits per heavy atom. The van der Waals surface area contributed by atoms with Crippen LogP contribution in [0.15, 0.2) is 48.5 Å². The SMILES string of the molecule is CC(C)NC(=O)Nc1ccc(CNC(=O)CNC(=O)c2ccc(N3CCCC3=O)cc2)cc1. The van der Waals surface area contributed by atoms with Crippen LogP contribution in [0.5, 0.6) is 0 Å². The van der Waals surface area contributed by atoms with E-state index in [-0.39, 0.29) is 36.3 Å². The first kappa shape index (κ1) is 23.8. The summed E-state index contributed by atoms with van der Waals surface area (Å²) in [5.74, 6) is -0.591. The molecule has 4 N–H and O–H groups in total. The fraction of sp³-hybridized carbons (Fsp3) is 0.333. The lowest BCUT2D eigenvalue weighted by molar-refractivity contribution is -0.120. The van der Waals surface area contributed by atoms with Crippen molar-refractivity contribution in [1.29, 1.82) is 0 Å². The van der Waals surface area contributed by atoms with Crippen molar-refractivity contribution in [1.82, 2.24) is 16.0 Å². The number of anilines is 2. The van der Waals surface area contributed by atoms with Crippen molar-refractivity contribution in [2.45, 2.75) is 39.3 Å². The zero-order chi connectivity index (χ0) is 23.8. The molecule has 0 atom stereocenters. The van der Waals surface area contributed by atoms with Gasteiger partial charge in [0.05, 0.1) is 6.54 Å². The lowest BCUT2D eigenvalue weighted by Gasteiger charge is -2.15. The summed E-state index contributed by atoms with van der Waals surface area (Å²) in [6.45, 7) is 4.59. The summed E-state index contributed by atoms with van der Waals surface area (Å²) in [5.41, 5.74) is 2.70. The highest BCUT2D eigenvalue weighted by atomic mass is 16.2. The summed E-state index contributed by atoms with van der Waals surface area (Å²) < 4.78 is 0. The molecule has 33 heavy (non-hydrogen) atoms. The topological polar surface area (TPSA) is 120 Å². The average molecular weight is 452 g/mol. The van der Waals surface area contributed by atoms with Crippen molar-refractivity contribution >= 4 is 35.1 Å². The quantitative estimate of drug-likeness (QED) is 0.493. The third-order valence-electron chi connectivity index (χ3n) is 5.05. The highest BCUT2D eigenvalue weighted by Gasteiger charge is 2.21. The average Bonchev–Trinajstić information content (AvgIpc) is 3.22. The minimum atomic E-state index is -0.362. The summed E-state index contributed by atoms with van der Waals surface area (Å²) in [4.78, 5) is 49.6. The Kier molecular flexibility index (Phi) is 8.01. The van der Waals surface area contributed by atoms with Crippen LogP contribution in [0.2, 0.25) is 0 Å². The van der Waals surface area contributed by atoms with Crippen LogP contribution in [0, 0.1) is 0 Å². The van der Waals surface area contributed by atoms with E-state index in [0.717, 1.165) is 17.7 Å².